The number of hydrogen-bond acceptors (Lipinski definition) is 0. The van der Waals surface area contributed by atoms with Crippen molar-refractivity contribution in [2.24, 2.45) is 35.5 Å². The highest BCUT2D eigenvalue weighted by atomic mass is 14.4. The molecule has 0 N–H and O–H groups in total. The van der Waals surface area contributed by atoms with Crippen molar-refractivity contribution in [3.8, 4) is 0 Å². The van der Waals surface area contributed by atoms with Crippen LogP contribution >= 0.6 is 0 Å². The summed E-state index contributed by atoms with van der Waals surface area (Å²) in [5, 5.41) is 0. The van der Waals surface area contributed by atoms with Crippen molar-refractivity contribution >= 4 is 0 Å². The van der Waals surface area contributed by atoms with Gasteiger partial charge >= 0.3 is 0 Å². The van der Waals surface area contributed by atoms with Crippen LogP contribution in [-0.2, 0) is 0 Å². The maximum absolute atomic E-state index is 3.97. The van der Waals surface area contributed by atoms with Gasteiger partial charge < -0.3 is 0 Å². The minimum absolute atomic E-state index is 0.814. The Hall–Kier alpha value is -0.520. The van der Waals surface area contributed by atoms with Gasteiger partial charge in [-0.3, -0.25) is 0 Å². The predicted octanol–water partition coefficient (Wildman–Crippen LogP) is 8.73. The molecule has 0 amide bonds. The largest absolute Gasteiger partial charge is 0.103 e. The number of hydrogen-bond donors (Lipinski definition) is 0. The molecule has 3 saturated carbocycles. The van der Waals surface area contributed by atoms with E-state index >= 15 is 0 Å². The van der Waals surface area contributed by atoms with E-state index in [1.165, 1.54) is 89.9 Å². The second kappa shape index (κ2) is 11.5. The SMILES string of the molecule is C=C[C@H]1CC[C@H](CCC=C[C@H]2CC[C@H]([C@H]3CC[C@H](CCC)CC3)CC2)CC1. The molecule has 0 spiro atoms. The molecule has 0 aromatic carbocycles. The lowest BCUT2D eigenvalue weighted by Gasteiger charge is -2.37. The molecule has 3 fully saturated rings. The van der Waals surface area contributed by atoms with Crippen molar-refractivity contribution in [3.63, 3.8) is 0 Å². The molecule has 3 aliphatic rings. The lowest BCUT2D eigenvalue weighted by molar-refractivity contribution is 0.152. The molecule has 0 bridgehead atoms. The molecule has 0 aromatic heterocycles. The third-order valence-electron chi connectivity index (χ3n) is 8.45. The standard InChI is InChI=1S/C27H46/c1-3-7-23-14-18-26(19-15-23)27-20-16-25(17-21-27)9-6-5-8-24-12-10-22(4-2)11-13-24/h4,6,9,22-27H,2-3,5,7-8,10-21H2,1H3/t22-,23-,24-,25-,26-,27-. The first-order valence-electron chi connectivity index (χ1n) is 12.6. The summed E-state index contributed by atoms with van der Waals surface area (Å²) < 4.78 is 0. The van der Waals surface area contributed by atoms with Crippen molar-refractivity contribution in [1.29, 1.82) is 0 Å². The monoisotopic (exact) mass is 370 g/mol. The van der Waals surface area contributed by atoms with Gasteiger partial charge in [0.25, 0.3) is 0 Å². The average Bonchev–Trinajstić information content (AvgIpc) is 2.73. The Kier molecular flexibility index (Phi) is 9.01. The molecule has 27 heavy (non-hydrogen) atoms. The Labute approximate surface area is 170 Å². The Morgan fingerprint density at radius 3 is 1.78 bits per heavy atom. The van der Waals surface area contributed by atoms with Gasteiger partial charge in [-0.2, -0.15) is 0 Å². The van der Waals surface area contributed by atoms with Gasteiger partial charge in [-0.25, -0.2) is 0 Å². The minimum Gasteiger partial charge on any atom is -0.103 e. The first-order chi connectivity index (χ1) is 13.3. The molecule has 0 aliphatic heterocycles. The van der Waals surface area contributed by atoms with E-state index in [2.05, 4.69) is 31.7 Å². The highest BCUT2D eigenvalue weighted by molar-refractivity contribution is 4.93. The zero-order valence-electron chi connectivity index (χ0n) is 18.2. The molecular weight excluding hydrogens is 324 g/mol. The van der Waals surface area contributed by atoms with Crippen LogP contribution in [0.25, 0.3) is 0 Å². The molecule has 0 atom stereocenters. The van der Waals surface area contributed by atoms with Crippen LogP contribution in [0.1, 0.15) is 110 Å². The van der Waals surface area contributed by atoms with Crippen LogP contribution < -0.4 is 0 Å². The quantitative estimate of drug-likeness (QED) is 0.375. The Balaban J connectivity index is 1.27. The Morgan fingerprint density at radius 1 is 0.667 bits per heavy atom. The van der Waals surface area contributed by atoms with Gasteiger partial charge in [0.05, 0.1) is 0 Å². The molecule has 0 nitrogen and oxygen atoms in total. The second-order valence-electron chi connectivity index (χ2n) is 10.3. The van der Waals surface area contributed by atoms with E-state index < -0.39 is 0 Å². The van der Waals surface area contributed by atoms with Crippen LogP contribution in [0.15, 0.2) is 24.8 Å². The summed E-state index contributed by atoms with van der Waals surface area (Å²) >= 11 is 0. The first kappa shape index (κ1) is 21.2. The van der Waals surface area contributed by atoms with Crippen LogP contribution in [0.2, 0.25) is 0 Å². The fourth-order valence-corrected chi connectivity index (χ4v) is 6.50. The van der Waals surface area contributed by atoms with Gasteiger partial charge in [-0.15, -0.1) is 6.58 Å². The highest BCUT2D eigenvalue weighted by Gasteiger charge is 2.30. The minimum atomic E-state index is 0.814. The van der Waals surface area contributed by atoms with Gasteiger partial charge in [-0.05, 0) is 113 Å². The van der Waals surface area contributed by atoms with Crippen LogP contribution in [0, 0.1) is 35.5 Å². The van der Waals surface area contributed by atoms with Gasteiger partial charge in [-0.1, -0.05) is 50.8 Å². The van der Waals surface area contributed by atoms with E-state index in [-0.39, 0.29) is 0 Å². The van der Waals surface area contributed by atoms with E-state index in [1.54, 1.807) is 12.8 Å². The number of rotatable bonds is 8. The second-order valence-corrected chi connectivity index (χ2v) is 10.3. The molecule has 0 heterocycles. The van der Waals surface area contributed by atoms with Crippen molar-refractivity contribution in [3.05, 3.63) is 24.8 Å². The third-order valence-corrected chi connectivity index (χ3v) is 8.45. The zero-order chi connectivity index (χ0) is 18.9. The highest BCUT2D eigenvalue weighted by Crippen LogP contribution is 2.42. The van der Waals surface area contributed by atoms with E-state index in [0.717, 1.165) is 35.5 Å². The van der Waals surface area contributed by atoms with Gasteiger partial charge in [0, 0.05) is 0 Å². The Morgan fingerprint density at radius 2 is 1.19 bits per heavy atom. The fourth-order valence-electron chi connectivity index (χ4n) is 6.50. The molecular formula is C27H46. The summed E-state index contributed by atoms with van der Waals surface area (Å²) in [4.78, 5) is 0. The molecule has 154 valence electrons. The topological polar surface area (TPSA) is 0 Å². The molecule has 3 rings (SSSR count). The van der Waals surface area contributed by atoms with Crippen molar-refractivity contribution in [1.82, 2.24) is 0 Å². The van der Waals surface area contributed by atoms with Crippen LogP contribution in [0.5, 0.6) is 0 Å². The predicted molar refractivity (Wildman–Crippen MR) is 120 cm³/mol. The van der Waals surface area contributed by atoms with Gasteiger partial charge in [0.2, 0.25) is 0 Å². The van der Waals surface area contributed by atoms with E-state index in [9.17, 15) is 0 Å². The van der Waals surface area contributed by atoms with Crippen LogP contribution in [0.4, 0.5) is 0 Å². The van der Waals surface area contributed by atoms with Crippen LogP contribution in [0.3, 0.4) is 0 Å². The van der Waals surface area contributed by atoms with E-state index in [4.69, 9.17) is 0 Å². The molecule has 0 unspecified atom stereocenters. The summed E-state index contributed by atoms with van der Waals surface area (Å²) in [5.41, 5.74) is 0. The molecule has 3 aliphatic carbocycles. The summed E-state index contributed by atoms with van der Waals surface area (Å²) in [5.74, 6) is 5.91. The lowest BCUT2D eigenvalue weighted by Crippen LogP contribution is -2.25. The Bertz CT molecular complexity index is 423. The zero-order valence-corrected chi connectivity index (χ0v) is 18.2. The van der Waals surface area contributed by atoms with Crippen molar-refractivity contribution in [2.45, 2.75) is 110 Å². The van der Waals surface area contributed by atoms with Gasteiger partial charge in [0.15, 0.2) is 0 Å². The van der Waals surface area contributed by atoms with E-state index in [1.807, 2.05) is 0 Å². The fraction of sp³-hybridized carbons (Fsp3) is 0.852. The maximum Gasteiger partial charge on any atom is -0.0233 e. The smallest absolute Gasteiger partial charge is 0.0233 e. The number of allylic oxidation sites excluding steroid dienone is 3. The van der Waals surface area contributed by atoms with Gasteiger partial charge in [0.1, 0.15) is 0 Å². The average molecular weight is 371 g/mol. The molecule has 0 saturated heterocycles. The van der Waals surface area contributed by atoms with Crippen molar-refractivity contribution < 1.29 is 0 Å². The molecule has 0 radical (unpaired) electrons. The summed E-state index contributed by atoms with van der Waals surface area (Å²) in [6.07, 6.45) is 30.8. The summed E-state index contributed by atoms with van der Waals surface area (Å²) in [7, 11) is 0. The van der Waals surface area contributed by atoms with E-state index in [0.29, 0.717) is 0 Å². The summed E-state index contributed by atoms with van der Waals surface area (Å²) in [6.45, 7) is 6.33. The normalized spacial score (nSPS) is 38.1. The van der Waals surface area contributed by atoms with Crippen LogP contribution in [-0.4, -0.2) is 0 Å². The van der Waals surface area contributed by atoms with Crippen molar-refractivity contribution in [2.75, 3.05) is 0 Å². The third kappa shape index (κ3) is 6.79. The summed E-state index contributed by atoms with van der Waals surface area (Å²) in [6, 6.07) is 0. The first-order valence-corrected chi connectivity index (χ1v) is 12.6. The lowest BCUT2D eigenvalue weighted by atomic mass is 9.68. The molecule has 0 heteroatoms. The maximum atomic E-state index is 3.97. The molecule has 0 aromatic rings.